The monoisotopic (exact) mass is 419 g/mol. The van der Waals surface area contributed by atoms with Crippen molar-refractivity contribution in [1.29, 1.82) is 0 Å². The molecule has 1 amide bonds. The highest BCUT2D eigenvalue weighted by atomic mass is 19.4. The van der Waals surface area contributed by atoms with Crippen LogP contribution < -0.4 is 11.1 Å². The van der Waals surface area contributed by atoms with E-state index in [0.717, 1.165) is 6.54 Å². The molecule has 1 aliphatic rings. The minimum atomic E-state index is -5.08. The van der Waals surface area contributed by atoms with Gasteiger partial charge in [0.25, 0.3) is 0 Å². The van der Waals surface area contributed by atoms with E-state index < -0.39 is 29.7 Å². The average Bonchev–Trinajstić information content (AvgIpc) is 3.05. The van der Waals surface area contributed by atoms with Crippen molar-refractivity contribution >= 4 is 17.8 Å². The Kier molecular flexibility index (Phi) is 8.59. The number of esters is 1. The summed E-state index contributed by atoms with van der Waals surface area (Å²) in [5.74, 6) is -3.52. The van der Waals surface area contributed by atoms with Gasteiger partial charge in [0, 0.05) is 19.6 Å². The van der Waals surface area contributed by atoms with Gasteiger partial charge in [-0.05, 0) is 18.9 Å². The van der Waals surface area contributed by atoms with Crippen molar-refractivity contribution in [3.05, 3.63) is 35.9 Å². The minimum Gasteiger partial charge on any atom is -0.475 e. The van der Waals surface area contributed by atoms with Gasteiger partial charge in [-0.2, -0.15) is 13.2 Å². The van der Waals surface area contributed by atoms with Crippen LogP contribution in [0.2, 0.25) is 0 Å². The summed E-state index contributed by atoms with van der Waals surface area (Å²) in [6, 6.07) is 9.35. The number of carbonyl (C=O) groups is 3. The topological polar surface area (TPSA) is 122 Å². The number of amides is 1. The number of hydrogen-bond acceptors (Lipinski definition) is 6. The Morgan fingerprint density at radius 2 is 1.86 bits per heavy atom. The molecule has 11 heteroatoms. The van der Waals surface area contributed by atoms with Crippen molar-refractivity contribution in [2.24, 2.45) is 5.73 Å². The van der Waals surface area contributed by atoms with E-state index in [0.29, 0.717) is 19.5 Å². The van der Waals surface area contributed by atoms with Crippen molar-refractivity contribution in [2.75, 3.05) is 20.2 Å². The Morgan fingerprint density at radius 3 is 2.31 bits per heavy atom. The number of methoxy groups -OCH3 is 1. The highest BCUT2D eigenvalue weighted by Gasteiger charge is 2.47. The second-order valence-electron chi connectivity index (χ2n) is 6.60. The van der Waals surface area contributed by atoms with Crippen molar-refractivity contribution in [3.63, 3.8) is 0 Å². The predicted molar refractivity (Wildman–Crippen MR) is 96.6 cm³/mol. The van der Waals surface area contributed by atoms with Crippen LogP contribution in [-0.2, 0) is 25.7 Å². The number of likely N-dealkylation sites (tertiary alicyclic amines) is 1. The number of nitrogens with two attached hydrogens (primary N) is 1. The van der Waals surface area contributed by atoms with Crippen LogP contribution in [0.1, 0.15) is 18.9 Å². The summed E-state index contributed by atoms with van der Waals surface area (Å²) in [6.45, 7) is 3.46. The number of hydrogen-bond donors (Lipinski definition) is 3. The van der Waals surface area contributed by atoms with Gasteiger partial charge >= 0.3 is 18.1 Å². The molecule has 4 N–H and O–H groups in total. The number of carboxylic acid groups (broad SMARTS) is 1. The molecule has 0 radical (unpaired) electrons. The van der Waals surface area contributed by atoms with Crippen LogP contribution in [0.25, 0.3) is 0 Å². The van der Waals surface area contributed by atoms with Crippen LogP contribution in [0.4, 0.5) is 13.2 Å². The SMILES string of the molecule is COC(=O)C1(NC(=O)[C@@H](C)N)CCN(Cc2ccccc2)C1.O=C(O)C(F)(F)F. The Morgan fingerprint density at radius 1 is 1.31 bits per heavy atom. The first kappa shape index (κ1) is 24.4. The number of nitrogens with zero attached hydrogens (tertiary/aromatic N) is 1. The summed E-state index contributed by atoms with van der Waals surface area (Å²) in [7, 11) is 1.34. The van der Waals surface area contributed by atoms with Gasteiger partial charge in [0.15, 0.2) is 5.54 Å². The average molecular weight is 419 g/mol. The van der Waals surface area contributed by atoms with E-state index in [4.69, 9.17) is 20.4 Å². The normalized spacial score (nSPS) is 20.2. The second kappa shape index (κ2) is 10.2. The molecule has 0 saturated carbocycles. The number of aliphatic carboxylic acids is 1. The van der Waals surface area contributed by atoms with Crippen molar-refractivity contribution in [3.8, 4) is 0 Å². The molecule has 0 aromatic heterocycles. The number of ether oxygens (including phenoxy) is 1. The fourth-order valence-corrected chi connectivity index (χ4v) is 2.73. The van der Waals surface area contributed by atoms with E-state index in [1.54, 1.807) is 6.92 Å². The van der Waals surface area contributed by atoms with Crippen LogP contribution in [0.3, 0.4) is 0 Å². The maximum atomic E-state index is 12.2. The van der Waals surface area contributed by atoms with Gasteiger partial charge in [-0.25, -0.2) is 9.59 Å². The zero-order chi connectivity index (χ0) is 22.2. The fourth-order valence-electron chi connectivity index (χ4n) is 2.73. The van der Waals surface area contributed by atoms with E-state index in [-0.39, 0.29) is 5.91 Å². The molecule has 1 fully saturated rings. The van der Waals surface area contributed by atoms with Crippen LogP contribution in [-0.4, -0.2) is 65.8 Å². The van der Waals surface area contributed by atoms with Crippen molar-refractivity contribution in [2.45, 2.75) is 37.6 Å². The first-order valence-electron chi connectivity index (χ1n) is 8.63. The lowest BCUT2D eigenvalue weighted by Gasteiger charge is -2.28. The van der Waals surface area contributed by atoms with Crippen molar-refractivity contribution < 1.29 is 37.4 Å². The van der Waals surface area contributed by atoms with E-state index in [9.17, 15) is 22.8 Å². The molecule has 0 spiro atoms. The van der Waals surface area contributed by atoms with E-state index in [2.05, 4.69) is 10.2 Å². The number of benzene rings is 1. The minimum absolute atomic E-state index is 0.341. The summed E-state index contributed by atoms with van der Waals surface area (Å²) in [4.78, 5) is 35.1. The third kappa shape index (κ3) is 7.35. The first-order chi connectivity index (χ1) is 13.4. The molecule has 0 bridgehead atoms. The van der Waals surface area contributed by atoms with Crippen LogP contribution in [0.5, 0.6) is 0 Å². The van der Waals surface area contributed by atoms with Gasteiger partial charge in [0.1, 0.15) is 0 Å². The number of rotatable bonds is 5. The molecular weight excluding hydrogens is 395 g/mol. The largest absolute Gasteiger partial charge is 0.490 e. The molecule has 8 nitrogen and oxygen atoms in total. The van der Waals surface area contributed by atoms with Gasteiger partial charge in [0.2, 0.25) is 5.91 Å². The second-order valence-corrected chi connectivity index (χ2v) is 6.60. The predicted octanol–water partition coefficient (Wildman–Crippen LogP) is 0.901. The molecule has 1 unspecified atom stereocenters. The number of alkyl halides is 3. The highest BCUT2D eigenvalue weighted by Crippen LogP contribution is 2.24. The lowest BCUT2D eigenvalue weighted by Crippen LogP contribution is -2.59. The van der Waals surface area contributed by atoms with Gasteiger partial charge in [-0.3, -0.25) is 9.69 Å². The Hall–Kier alpha value is -2.66. The molecule has 2 rings (SSSR count). The van der Waals surface area contributed by atoms with Gasteiger partial charge in [-0.15, -0.1) is 0 Å². The molecule has 29 heavy (non-hydrogen) atoms. The molecule has 1 aromatic rings. The van der Waals surface area contributed by atoms with Crippen molar-refractivity contribution in [1.82, 2.24) is 10.2 Å². The summed E-state index contributed by atoms with van der Waals surface area (Å²) in [5, 5.41) is 9.90. The molecule has 0 aliphatic carbocycles. The zero-order valence-electron chi connectivity index (χ0n) is 16.0. The molecular formula is C18H24F3N3O5. The number of carbonyl (C=O) groups excluding carboxylic acids is 2. The Labute approximate surface area is 165 Å². The number of carboxylic acids is 1. The molecule has 1 heterocycles. The number of nitrogens with one attached hydrogen (secondary N) is 1. The molecule has 1 saturated heterocycles. The summed E-state index contributed by atoms with van der Waals surface area (Å²) in [5.41, 5.74) is 5.76. The lowest BCUT2D eigenvalue weighted by molar-refractivity contribution is -0.192. The molecule has 2 atom stereocenters. The summed E-state index contributed by atoms with van der Waals surface area (Å²) >= 11 is 0. The van der Waals surface area contributed by atoms with Gasteiger partial charge in [-0.1, -0.05) is 30.3 Å². The summed E-state index contributed by atoms with van der Waals surface area (Å²) in [6.07, 6.45) is -4.56. The quantitative estimate of drug-likeness (QED) is 0.606. The van der Waals surface area contributed by atoms with E-state index >= 15 is 0 Å². The van der Waals surface area contributed by atoms with Gasteiger partial charge in [0.05, 0.1) is 13.2 Å². The van der Waals surface area contributed by atoms with E-state index in [1.165, 1.54) is 12.7 Å². The smallest absolute Gasteiger partial charge is 0.475 e. The van der Waals surface area contributed by atoms with Crippen LogP contribution in [0.15, 0.2) is 30.3 Å². The Bertz CT molecular complexity index is 712. The molecule has 1 aliphatic heterocycles. The first-order valence-corrected chi connectivity index (χ1v) is 8.63. The number of halogens is 3. The standard InChI is InChI=1S/C16H23N3O3.C2HF3O2/c1-12(17)14(20)18-16(15(21)22-2)8-9-19(11-16)10-13-6-4-3-5-7-13;3-2(4,5)1(6)7/h3-7,12H,8-11,17H2,1-2H3,(H,18,20);(H,6,7)/t12-,16?;/m1./s1. The molecule has 162 valence electrons. The maximum Gasteiger partial charge on any atom is 0.490 e. The highest BCUT2D eigenvalue weighted by molar-refractivity contribution is 5.90. The maximum absolute atomic E-state index is 12.2. The van der Waals surface area contributed by atoms with E-state index in [1.807, 2.05) is 30.3 Å². The summed E-state index contributed by atoms with van der Waals surface area (Å²) < 4.78 is 36.6. The fraction of sp³-hybridized carbons (Fsp3) is 0.500. The van der Waals surface area contributed by atoms with Gasteiger partial charge < -0.3 is 20.9 Å². The molecule has 1 aromatic carbocycles. The third-order valence-corrected chi connectivity index (χ3v) is 4.19. The zero-order valence-corrected chi connectivity index (χ0v) is 16.0. The Balaban J connectivity index is 0.000000516. The third-order valence-electron chi connectivity index (χ3n) is 4.19. The lowest BCUT2D eigenvalue weighted by atomic mass is 9.98. The van der Waals surface area contributed by atoms with Crippen LogP contribution >= 0.6 is 0 Å². The van der Waals surface area contributed by atoms with Crippen LogP contribution in [0, 0.1) is 0 Å².